The molecule has 0 bridgehead atoms. The first-order chi connectivity index (χ1) is 9.65. The van der Waals surface area contributed by atoms with Crippen LogP contribution in [0.1, 0.15) is 18.2 Å². The lowest BCUT2D eigenvalue weighted by atomic mass is 10.0. The first kappa shape index (κ1) is 15.2. The van der Waals surface area contributed by atoms with Crippen molar-refractivity contribution >= 4 is 0 Å². The molecule has 112 valence electrons. The predicted octanol–water partition coefficient (Wildman–Crippen LogP) is 0.382. The van der Waals surface area contributed by atoms with Gasteiger partial charge in [-0.3, -0.25) is 4.98 Å². The Morgan fingerprint density at radius 3 is 2.80 bits per heavy atom. The minimum atomic E-state index is 0.151. The Morgan fingerprint density at radius 2 is 2.10 bits per heavy atom. The third-order valence-corrected chi connectivity index (χ3v) is 4.05. The van der Waals surface area contributed by atoms with Crippen molar-refractivity contribution in [2.45, 2.75) is 18.5 Å². The second-order valence-corrected chi connectivity index (χ2v) is 5.42. The van der Waals surface area contributed by atoms with Crippen molar-refractivity contribution in [1.82, 2.24) is 25.1 Å². The summed E-state index contributed by atoms with van der Waals surface area (Å²) >= 11 is 0. The van der Waals surface area contributed by atoms with Gasteiger partial charge in [-0.25, -0.2) is 4.98 Å². The van der Waals surface area contributed by atoms with Crippen LogP contribution in [0.25, 0.3) is 0 Å². The number of likely N-dealkylation sites (N-methyl/N-ethyl adjacent to an activating group) is 2. The maximum absolute atomic E-state index is 5.33. The molecule has 0 aromatic carbocycles. The van der Waals surface area contributed by atoms with E-state index in [1.807, 2.05) is 7.05 Å². The summed E-state index contributed by atoms with van der Waals surface area (Å²) in [4.78, 5) is 13.5. The molecule has 0 aliphatic carbocycles. The first-order valence-corrected chi connectivity index (χ1v) is 7.06. The van der Waals surface area contributed by atoms with Crippen LogP contribution in [-0.2, 0) is 0 Å². The summed E-state index contributed by atoms with van der Waals surface area (Å²) in [6.07, 6.45) is 4.38. The van der Waals surface area contributed by atoms with Crippen LogP contribution in [0.2, 0.25) is 0 Å². The molecule has 1 aliphatic rings. The Hall–Kier alpha value is -1.24. The molecule has 1 aliphatic heterocycles. The van der Waals surface area contributed by atoms with Crippen LogP contribution in [0.3, 0.4) is 0 Å². The van der Waals surface area contributed by atoms with Gasteiger partial charge < -0.3 is 19.9 Å². The van der Waals surface area contributed by atoms with E-state index in [4.69, 9.17) is 4.74 Å². The van der Waals surface area contributed by atoms with Crippen molar-refractivity contribution in [2.75, 3.05) is 47.9 Å². The molecule has 0 saturated carbocycles. The molecule has 0 amide bonds. The Kier molecular flexibility index (Phi) is 5.28. The summed E-state index contributed by atoms with van der Waals surface area (Å²) in [7, 11) is 7.97. The molecular formula is C14H25N5O. The van der Waals surface area contributed by atoms with Crippen LogP contribution >= 0.6 is 0 Å². The molecular weight excluding hydrogens is 254 g/mol. The third-order valence-electron chi connectivity index (χ3n) is 4.05. The fraction of sp³-hybridized carbons (Fsp3) is 0.714. The Bertz CT molecular complexity index is 428. The van der Waals surface area contributed by atoms with Crippen LogP contribution in [0.5, 0.6) is 5.88 Å². The van der Waals surface area contributed by atoms with Gasteiger partial charge in [0.1, 0.15) is 5.69 Å². The van der Waals surface area contributed by atoms with Gasteiger partial charge in [-0.05, 0) is 27.6 Å². The van der Waals surface area contributed by atoms with Crippen LogP contribution < -0.4 is 10.1 Å². The second kappa shape index (κ2) is 6.97. The number of ether oxygens (including phenoxy) is 1. The lowest BCUT2D eigenvalue weighted by molar-refractivity contribution is 0.101. The number of nitrogens with zero attached hydrogens (tertiary/aromatic N) is 4. The van der Waals surface area contributed by atoms with Gasteiger partial charge in [0.05, 0.1) is 13.2 Å². The fourth-order valence-electron chi connectivity index (χ4n) is 2.73. The van der Waals surface area contributed by atoms with Gasteiger partial charge in [0.15, 0.2) is 0 Å². The summed E-state index contributed by atoms with van der Waals surface area (Å²) in [5, 5.41) is 3.35. The highest BCUT2D eigenvalue weighted by Crippen LogP contribution is 2.25. The van der Waals surface area contributed by atoms with Gasteiger partial charge in [-0.2, -0.15) is 0 Å². The highest BCUT2D eigenvalue weighted by atomic mass is 16.5. The monoisotopic (exact) mass is 279 g/mol. The number of hydrogen-bond acceptors (Lipinski definition) is 6. The van der Waals surface area contributed by atoms with Crippen molar-refractivity contribution in [3.8, 4) is 5.88 Å². The van der Waals surface area contributed by atoms with Crippen molar-refractivity contribution in [3.05, 3.63) is 18.1 Å². The maximum Gasteiger partial charge on any atom is 0.236 e. The normalized spacial score (nSPS) is 22.7. The summed E-state index contributed by atoms with van der Waals surface area (Å²) < 4.78 is 5.33. The average molecular weight is 279 g/mol. The van der Waals surface area contributed by atoms with Gasteiger partial charge >= 0.3 is 0 Å². The van der Waals surface area contributed by atoms with Crippen molar-refractivity contribution in [3.63, 3.8) is 0 Å². The van der Waals surface area contributed by atoms with E-state index in [-0.39, 0.29) is 6.04 Å². The molecule has 2 heterocycles. The van der Waals surface area contributed by atoms with E-state index in [0.717, 1.165) is 31.7 Å². The van der Waals surface area contributed by atoms with Crippen LogP contribution in [-0.4, -0.2) is 73.7 Å². The number of hydrogen-bond donors (Lipinski definition) is 1. The molecule has 2 rings (SSSR count). The van der Waals surface area contributed by atoms with Gasteiger partial charge in [0.25, 0.3) is 0 Å². The van der Waals surface area contributed by atoms with E-state index < -0.39 is 0 Å². The van der Waals surface area contributed by atoms with Crippen LogP contribution in [0.15, 0.2) is 12.4 Å². The molecule has 0 radical (unpaired) electrons. The van der Waals surface area contributed by atoms with Gasteiger partial charge in [-0.15, -0.1) is 0 Å². The Balaban J connectivity index is 2.12. The SMILES string of the molecule is CNC(CC1CN(C)CCN1C)c1nccnc1OC. The highest BCUT2D eigenvalue weighted by molar-refractivity contribution is 5.21. The number of methoxy groups -OCH3 is 1. The largest absolute Gasteiger partial charge is 0.480 e. The summed E-state index contributed by atoms with van der Waals surface area (Å²) in [6.45, 7) is 3.32. The third kappa shape index (κ3) is 3.45. The molecule has 20 heavy (non-hydrogen) atoms. The van der Waals surface area contributed by atoms with Crippen molar-refractivity contribution in [1.29, 1.82) is 0 Å². The van der Waals surface area contributed by atoms with E-state index >= 15 is 0 Å². The molecule has 2 unspecified atom stereocenters. The van der Waals surface area contributed by atoms with E-state index in [1.54, 1.807) is 19.5 Å². The van der Waals surface area contributed by atoms with E-state index in [1.165, 1.54) is 0 Å². The van der Waals surface area contributed by atoms with E-state index in [9.17, 15) is 0 Å². The number of aromatic nitrogens is 2. The quantitative estimate of drug-likeness (QED) is 0.841. The van der Waals surface area contributed by atoms with E-state index in [2.05, 4.69) is 39.2 Å². The smallest absolute Gasteiger partial charge is 0.236 e. The number of piperazine rings is 1. The fourth-order valence-corrected chi connectivity index (χ4v) is 2.73. The molecule has 6 heteroatoms. The van der Waals surface area contributed by atoms with Gasteiger partial charge in [-0.1, -0.05) is 0 Å². The molecule has 0 spiro atoms. The topological polar surface area (TPSA) is 53.5 Å². The van der Waals surface area contributed by atoms with Crippen molar-refractivity contribution < 1.29 is 4.74 Å². The second-order valence-electron chi connectivity index (χ2n) is 5.42. The molecule has 1 aromatic rings. The Morgan fingerprint density at radius 1 is 1.35 bits per heavy atom. The molecule has 1 saturated heterocycles. The summed E-state index contributed by atoms with van der Waals surface area (Å²) in [6, 6.07) is 0.663. The highest BCUT2D eigenvalue weighted by Gasteiger charge is 2.27. The average Bonchev–Trinajstić information content (AvgIpc) is 2.48. The van der Waals surface area contributed by atoms with E-state index in [0.29, 0.717) is 11.9 Å². The minimum absolute atomic E-state index is 0.151. The van der Waals surface area contributed by atoms with Crippen molar-refractivity contribution in [2.24, 2.45) is 0 Å². The standard InChI is InChI=1S/C14H25N5O/c1-15-12(13-14(20-4)17-6-5-16-13)9-11-10-18(2)7-8-19(11)3/h5-6,11-12,15H,7-10H2,1-4H3. The first-order valence-electron chi connectivity index (χ1n) is 7.06. The number of nitrogens with one attached hydrogen (secondary N) is 1. The lowest BCUT2D eigenvalue weighted by Crippen LogP contribution is -2.51. The predicted molar refractivity (Wildman–Crippen MR) is 78.9 cm³/mol. The van der Waals surface area contributed by atoms with Crippen LogP contribution in [0.4, 0.5) is 0 Å². The molecule has 2 atom stereocenters. The summed E-state index contributed by atoms with van der Waals surface area (Å²) in [5.74, 6) is 0.610. The van der Waals surface area contributed by atoms with Crippen LogP contribution in [0, 0.1) is 0 Å². The summed E-state index contributed by atoms with van der Waals surface area (Å²) in [5.41, 5.74) is 0.888. The molecule has 1 aromatic heterocycles. The van der Waals surface area contributed by atoms with Gasteiger partial charge in [0, 0.05) is 38.1 Å². The molecule has 1 N–H and O–H groups in total. The zero-order valence-corrected chi connectivity index (χ0v) is 12.8. The lowest BCUT2D eigenvalue weighted by Gasteiger charge is -2.39. The number of rotatable bonds is 5. The molecule has 1 fully saturated rings. The Labute approximate surface area is 121 Å². The minimum Gasteiger partial charge on any atom is -0.480 e. The zero-order chi connectivity index (χ0) is 14.5. The molecule has 6 nitrogen and oxygen atoms in total. The zero-order valence-electron chi connectivity index (χ0n) is 12.8. The van der Waals surface area contributed by atoms with Gasteiger partial charge in [0.2, 0.25) is 5.88 Å². The maximum atomic E-state index is 5.33.